The normalized spacial score (nSPS) is 13.5. The number of hydrogen-bond acceptors (Lipinski definition) is 7. The number of rotatable bonds is 13. The van der Waals surface area contributed by atoms with Gasteiger partial charge in [-0.2, -0.15) is 0 Å². The summed E-state index contributed by atoms with van der Waals surface area (Å²) in [5.41, 5.74) is 1.20. The molecule has 2 amide bonds. The number of alkyl carbamates (subject to hydrolysis) is 1. The molecule has 2 aromatic rings. The molecule has 0 saturated carbocycles. The third-order valence-electron chi connectivity index (χ3n) is 6.27. The second kappa shape index (κ2) is 14.6. The lowest BCUT2D eigenvalue weighted by Crippen LogP contribution is -2.54. The summed E-state index contributed by atoms with van der Waals surface area (Å²) < 4.78 is 10.4. The van der Waals surface area contributed by atoms with E-state index in [0.717, 1.165) is 17.0 Å². The molecule has 36 heavy (non-hydrogen) atoms. The molecule has 2 rings (SSSR count). The van der Waals surface area contributed by atoms with Crippen LogP contribution in [0.15, 0.2) is 35.7 Å². The van der Waals surface area contributed by atoms with Crippen LogP contribution in [-0.2, 0) is 27.3 Å². The molecule has 0 spiro atoms. The predicted octanol–water partition coefficient (Wildman–Crippen LogP) is 5.08. The summed E-state index contributed by atoms with van der Waals surface area (Å²) >= 11 is 1.42. The first-order valence-corrected chi connectivity index (χ1v) is 13.4. The summed E-state index contributed by atoms with van der Waals surface area (Å²) in [6.45, 7) is 10.3. The summed E-state index contributed by atoms with van der Waals surface area (Å²) in [7, 11) is 1.78. The number of amides is 2. The fourth-order valence-electron chi connectivity index (χ4n) is 3.93. The van der Waals surface area contributed by atoms with Crippen LogP contribution in [0.25, 0.3) is 0 Å². The molecule has 9 heteroatoms. The van der Waals surface area contributed by atoms with E-state index in [1.54, 1.807) is 24.3 Å². The van der Waals surface area contributed by atoms with Crippen LogP contribution in [0, 0.1) is 11.8 Å². The van der Waals surface area contributed by atoms with Gasteiger partial charge in [-0.15, -0.1) is 11.3 Å². The molecule has 1 N–H and O–H groups in total. The van der Waals surface area contributed by atoms with Crippen molar-refractivity contribution >= 4 is 29.3 Å². The maximum atomic E-state index is 13.6. The van der Waals surface area contributed by atoms with E-state index in [2.05, 4.69) is 24.1 Å². The monoisotopic (exact) mass is 517 g/mol. The van der Waals surface area contributed by atoms with Crippen LogP contribution in [-0.4, -0.2) is 53.6 Å². The van der Waals surface area contributed by atoms with E-state index >= 15 is 0 Å². The zero-order chi connectivity index (χ0) is 26.7. The first-order chi connectivity index (χ1) is 17.2. The maximum Gasteiger partial charge on any atom is 0.408 e. The standard InChI is InChI=1S/C27H39N3O5S/c1-7-19(5)24(29-27(33)35-16-20-12-10-9-11-13-20)25(31)30(6)22(18(3)4)14-15-23-28-21(17-36-23)26(32)34-8-2/h9-13,17-19,22,24H,7-8,14-16H2,1-6H3,(H,29,33)/t19-,22-,24-/m0/s1. The Balaban J connectivity index is 2.03. The van der Waals surface area contributed by atoms with Crippen LogP contribution >= 0.6 is 11.3 Å². The summed E-state index contributed by atoms with van der Waals surface area (Å²) in [6.07, 6.45) is 1.43. The van der Waals surface area contributed by atoms with E-state index in [4.69, 9.17) is 9.47 Å². The van der Waals surface area contributed by atoms with Crippen LogP contribution in [0.2, 0.25) is 0 Å². The van der Waals surface area contributed by atoms with E-state index in [-0.39, 0.29) is 30.4 Å². The molecule has 0 aliphatic heterocycles. The van der Waals surface area contributed by atoms with E-state index in [1.165, 1.54) is 11.3 Å². The van der Waals surface area contributed by atoms with Crippen molar-refractivity contribution in [1.29, 1.82) is 0 Å². The Kier molecular flexibility index (Phi) is 11.9. The van der Waals surface area contributed by atoms with Crippen molar-refractivity contribution in [3.05, 3.63) is 52.0 Å². The Morgan fingerprint density at radius 3 is 2.39 bits per heavy atom. The number of aryl methyl sites for hydroxylation is 1. The van der Waals surface area contributed by atoms with Gasteiger partial charge in [-0.3, -0.25) is 4.79 Å². The van der Waals surface area contributed by atoms with Gasteiger partial charge in [-0.1, -0.05) is 64.4 Å². The van der Waals surface area contributed by atoms with Gasteiger partial charge in [0.1, 0.15) is 12.6 Å². The van der Waals surface area contributed by atoms with Crippen molar-refractivity contribution in [3.8, 4) is 0 Å². The average Bonchev–Trinajstić information content (AvgIpc) is 3.35. The number of hydrogen-bond donors (Lipinski definition) is 1. The Bertz CT molecular complexity index is 979. The predicted molar refractivity (Wildman–Crippen MR) is 141 cm³/mol. The average molecular weight is 518 g/mol. The van der Waals surface area contributed by atoms with Gasteiger partial charge < -0.3 is 19.7 Å². The SMILES string of the molecule is CCOC(=O)c1csc(CC[C@@H](C(C)C)N(C)C(=O)[C@@H](NC(=O)OCc2ccccc2)[C@@H](C)CC)n1. The van der Waals surface area contributed by atoms with E-state index in [9.17, 15) is 14.4 Å². The van der Waals surface area contributed by atoms with Gasteiger partial charge in [0, 0.05) is 24.9 Å². The molecule has 198 valence electrons. The maximum absolute atomic E-state index is 13.6. The van der Waals surface area contributed by atoms with Crippen molar-refractivity contribution in [1.82, 2.24) is 15.2 Å². The number of carbonyl (C=O) groups excluding carboxylic acids is 3. The van der Waals surface area contributed by atoms with E-state index in [0.29, 0.717) is 25.1 Å². The Labute approximate surface area is 218 Å². The number of ether oxygens (including phenoxy) is 2. The fourth-order valence-corrected chi connectivity index (χ4v) is 4.71. The highest BCUT2D eigenvalue weighted by molar-refractivity contribution is 7.09. The van der Waals surface area contributed by atoms with Crippen LogP contribution in [0.5, 0.6) is 0 Å². The topological polar surface area (TPSA) is 97.8 Å². The van der Waals surface area contributed by atoms with E-state index in [1.807, 2.05) is 44.2 Å². The molecule has 0 saturated heterocycles. The van der Waals surface area contributed by atoms with Crippen molar-refractivity contribution in [2.45, 2.75) is 72.6 Å². The Morgan fingerprint density at radius 1 is 1.08 bits per heavy atom. The number of benzene rings is 1. The van der Waals surface area contributed by atoms with Gasteiger partial charge in [-0.25, -0.2) is 14.6 Å². The minimum atomic E-state index is -0.695. The number of esters is 1. The quantitative estimate of drug-likeness (QED) is 0.372. The third kappa shape index (κ3) is 8.62. The third-order valence-corrected chi connectivity index (χ3v) is 7.18. The highest BCUT2D eigenvalue weighted by Crippen LogP contribution is 2.21. The van der Waals surface area contributed by atoms with Gasteiger partial charge in [0.2, 0.25) is 5.91 Å². The molecular weight excluding hydrogens is 478 g/mol. The zero-order valence-corrected chi connectivity index (χ0v) is 23.0. The van der Waals surface area contributed by atoms with Crippen LogP contribution in [0.4, 0.5) is 4.79 Å². The fraction of sp³-hybridized carbons (Fsp3) is 0.556. The van der Waals surface area contributed by atoms with Gasteiger partial charge in [0.25, 0.3) is 0 Å². The minimum absolute atomic E-state index is 0.0665. The molecule has 3 atom stereocenters. The van der Waals surface area contributed by atoms with Crippen molar-refractivity contribution in [2.24, 2.45) is 11.8 Å². The van der Waals surface area contributed by atoms with Crippen molar-refractivity contribution in [3.63, 3.8) is 0 Å². The number of nitrogens with zero attached hydrogens (tertiary/aromatic N) is 2. The van der Waals surface area contributed by atoms with Crippen molar-refractivity contribution in [2.75, 3.05) is 13.7 Å². The summed E-state index contributed by atoms with van der Waals surface area (Å²) in [5, 5.41) is 5.33. The lowest BCUT2D eigenvalue weighted by molar-refractivity contribution is -0.136. The van der Waals surface area contributed by atoms with Crippen molar-refractivity contribution < 1.29 is 23.9 Å². The van der Waals surface area contributed by atoms with Gasteiger partial charge in [-0.05, 0) is 30.7 Å². The zero-order valence-electron chi connectivity index (χ0n) is 22.2. The smallest absolute Gasteiger partial charge is 0.408 e. The lowest BCUT2D eigenvalue weighted by atomic mass is 9.94. The minimum Gasteiger partial charge on any atom is -0.461 e. The first-order valence-electron chi connectivity index (χ1n) is 12.5. The number of likely N-dealkylation sites (N-methyl/N-ethyl adjacent to an activating group) is 1. The molecule has 0 aliphatic carbocycles. The largest absolute Gasteiger partial charge is 0.461 e. The number of thiazole rings is 1. The van der Waals surface area contributed by atoms with Gasteiger partial charge >= 0.3 is 12.1 Å². The number of nitrogens with one attached hydrogen (secondary N) is 1. The summed E-state index contributed by atoms with van der Waals surface area (Å²) in [5.74, 6) is -0.449. The molecule has 1 aromatic heterocycles. The van der Waals surface area contributed by atoms with Crippen LogP contribution in [0.3, 0.4) is 0 Å². The van der Waals surface area contributed by atoms with E-state index < -0.39 is 18.1 Å². The molecule has 0 unspecified atom stereocenters. The lowest BCUT2D eigenvalue weighted by Gasteiger charge is -2.35. The molecule has 1 heterocycles. The molecule has 8 nitrogen and oxygen atoms in total. The molecule has 0 aliphatic rings. The van der Waals surface area contributed by atoms with Gasteiger partial charge in [0.15, 0.2) is 5.69 Å². The molecule has 0 radical (unpaired) electrons. The second-order valence-electron chi connectivity index (χ2n) is 9.22. The summed E-state index contributed by atoms with van der Waals surface area (Å²) in [4.78, 5) is 44.1. The Morgan fingerprint density at radius 2 is 1.78 bits per heavy atom. The first kappa shape index (κ1) is 29.3. The van der Waals surface area contributed by atoms with Crippen LogP contribution in [0.1, 0.15) is 68.5 Å². The van der Waals surface area contributed by atoms with Gasteiger partial charge in [0.05, 0.1) is 11.6 Å². The Hall–Kier alpha value is -2.94. The second-order valence-corrected chi connectivity index (χ2v) is 10.2. The molecule has 1 aromatic carbocycles. The highest BCUT2D eigenvalue weighted by atomic mass is 32.1. The molecular formula is C27H39N3O5S. The molecule has 0 bridgehead atoms. The van der Waals surface area contributed by atoms with Crippen LogP contribution < -0.4 is 5.32 Å². The number of carbonyl (C=O) groups is 3. The highest BCUT2D eigenvalue weighted by Gasteiger charge is 2.33. The number of aromatic nitrogens is 1. The molecule has 0 fully saturated rings. The summed E-state index contributed by atoms with van der Waals surface area (Å²) in [6, 6.07) is 8.66.